The average Bonchev–Trinajstić information content (AvgIpc) is 2.95. The molecule has 0 atom stereocenters. The summed E-state index contributed by atoms with van der Waals surface area (Å²) in [6.45, 7) is 3.47. The van der Waals surface area contributed by atoms with Crippen LogP contribution in [-0.2, 0) is 5.41 Å². The van der Waals surface area contributed by atoms with Gasteiger partial charge < -0.3 is 0 Å². The van der Waals surface area contributed by atoms with Gasteiger partial charge in [-0.1, -0.05) is 6.08 Å². The highest BCUT2D eigenvalue weighted by Crippen LogP contribution is 2.57. The van der Waals surface area contributed by atoms with Crippen LogP contribution in [0.5, 0.6) is 0 Å². The van der Waals surface area contributed by atoms with Gasteiger partial charge in [0.2, 0.25) is 0 Å². The van der Waals surface area contributed by atoms with E-state index < -0.39 is 46.1 Å². The van der Waals surface area contributed by atoms with Gasteiger partial charge in [-0.2, -0.15) is 0 Å². The van der Waals surface area contributed by atoms with Crippen molar-refractivity contribution >= 4 is 6.08 Å². The van der Waals surface area contributed by atoms with Crippen LogP contribution in [0, 0.1) is 0 Å². The Hall–Kier alpha value is -2.64. The Morgan fingerprint density at radius 3 is 2.00 bits per heavy atom. The molecule has 130 valence electrons. The average molecular weight is 356 g/mol. The molecule has 0 fully saturated rings. The van der Waals surface area contributed by atoms with E-state index in [0.717, 1.165) is 6.20 Å². The van der Waals surface area contributed by atoms with Crippen LogP contribution in [-0.4, -0.2) is 9.97 Å². The summed E-state index contributed by atoms with van der Waals surface area (Å²) in [5, 5.41) is 0. The molecule has 8 heteroatoms. The van der Waals surface area contributed by atoms with Crippen molar-refractivity contribution in [2.75, 3.05) is 0 Å². The van der Waals surface area contributed by atoms with E-state index in [1.54, 1.807) is 0 Å². The van der Waals surface area contributed by atoms with Gasteiger partial charge in [-0.3, -0.25) is 9.97 Å². The molecule has 0 saturated carbocycles. The monoisotopic (exact) mass is 356 g/mol. The first-order chi connectivity index (χ1) is 11.9. The largest absolute Gasteiger partial charge is 0.256 e. The van der Waals surface area contributed by atoms with Crippen molar-refractivity contribution in [2.45, 2.75) is 18.3 Å². The van der Waals surface area contributed by atoms with Crippen molar-refractivity contribution in [2.24, 2.45) is 0 Å². The van der Waals surface area contributed by atoms with Crippen molar-refractivity contribution in [3.8, 4) is 0 Å². The van der Waals surface area contributed by atoms with E-state index >= 15 is 0 Å². The fourth-order valence-electron chi connectivity index (χ4n) is 2.99. The van der Waals surface area contributed by atoms with Gasteiger partial charge in [0.05, 0.1) is 11.4 Å². The molecule has 0 amide bonds. The summed E-state index contributed by atoms with van der Waals surface area (Å²) in [5.74, 6) is -13.5. The highest BCUT2D eigenvalue weighted by atomic mass is 19.2. The van der Waals surface area contributed by atoms with Gasteiger partial charge >= 0.3 is 0 Å². The zero-order valence-electron chi connectivity index (χ0n) is 12.6. The summed E-state index contributed by atoms with van der Waals surface area (Å²) in [5.41, 5.74) is -3.52. The third-order valence-electron chi connectivity index (χ3n) is 4.11. The van der Waals surface area contributed by atoms with Crippen LogP contribution >= 0.6 is 0 Å². The summed E-state index contributed by atoms with van der Waals surface area (Å²) in [7, 11) is 0. The number of nitrogens with zero attached hydrogens (tertiary/aromatic N) is 2. The Morgan fingerprint density at radius 2 is 1.44 bits per heavy atom. The standard InChI is InChI=1S/C17H10F6N2/c1-2-3-4-8-7-9-16(25-6-5-24-9)17(8)14(22)12(20)10(18)11(19)13(21)15(17)23/h2,5-7H,1,3-4H2. The fraction of sp³-hybridized carbons (Fsp3) is 0.176. The molecule has 2 nitrogen and oxygen atoms in total. The Labute approximate surface area is 138 Å². The molecule has 2 aliphatic carbocycles. The molecule has 25 heavy (non-hydrogen) atoms. The molecule has 0 N–H and O–H groups in total. The molecule has 1 aromatic heterocycles. The summed E-state index contributed by atoms with van der Waals surface area (Å²) < 4.78 is 85.2. The van der Waals surface area contributed by atoms with Gasteiger partial charge in [-0.25, -0.2) is 26.3 Å². The first kappa shape index (κ1) is 17.2. The van der Waals surface area contributed by atoms with E-state index in [-0.39, 0.29) is 24.1 Å². The molecule has 3 rings (SSSR count). The van der Waals surface area contributed by atoms with Crippen LogP contribution in [0.25, 0.3) is 6.08 Å². The fourth-order valence-corrected chi connectivity index (χ4v) is 2.99. The van der Waals surface area contributed by atoms with Crippen LogP contribution < -0.4 is 0 Å². The van der Waals surface area contributed by atoms with Crippen molar-refractivity contribution in [1.29, 1.82) is 0 Å². The lowest BCUT2D eigenvalue weighted by Crippen LogP contribution is -2.31. The number of aromatic nitrogens is 2. The Balaban J connectivity index is 2.41. The topological polar surface area (TPSA) is 25.8 Å². The maximum Gasteiger partial charge on any atom is 0.200 e. The van der Waals surface area contributed by atoms with E-state index in [2.05, 4.69) is 16.5 Å². The lowest BCUT2D eigenvalue weighted by atomic mass is 9.75. The lowest BCUT2D eigenvalue weighted by Gasteiger charge is -2.29. The predicted molar refractivity (Wildman–Crippen MR) is 78.8 cm³/mol. The van der Waals surface area contributed by atoms with Crippen molar-refractivity contribution in [1.82, 2.24) is 9.97 Å². The normalized spacial score (nSPS) is 19.4. The summed E-state index contributed by atoms with van der Waals surface area (Å²) >= 11 is 0. The summed E-state index contributed by atoms with van der Waals surface area (Å²) in [4.78, 5) is 7.64. The SMILES string of the molecule is C=CCCC1=Cc2nccnc2C12C(F)=C(F)C(F)=C(F)C(F)=C2F. The second-order valence-electron chi connectivity index (χ2n) is 5.42. The molecule has 0 unspecified atom stereocenters. The first-order valence-corrected chi connectivity index (χ1v) is 7.18. The van der Waals surface area contributed by atoms with Gasteiger partial charge in [0.25, 0.3) is 0 Å². The van der Waals surface area contributed by atoms with Gasteiger partial charge in [-0.05, 0) is 24.5 Å². The van der Waals surface area contributed by atoms with Crippen molar-refractivity contribution in [3.05, 3.63) is 77.0 Å². The molecule has 0 aromatic carbocycles. The first-order valence-electron chi connectivity index (χ1n) is 7.18. The molecule has 0 saturated heterocycles. The van der Waals surface area contributed by atoms with Crippen molar-refractivity contribution < 1.29 is 26.3 Å². The van der Waals surface area contributed by atoms with E-state index in [9.17, 15) is 26.3 Å². The van der Waals surface area contributed by atoms with Crippen LogP contribution in [0.2, 0.25) is 0 Å². The minimum absolute atomic E-state index is 0.0461. The smallest absolute Gasteiger partial charge is 0.200 e. The van der Waals surface area contributed by atoms with E-state index in [4.69, 9.17) is 0 Å². The van der Waals surface area contributed by atoms with Crippen LogP contribution in [0.3, 0.4) is 0 Å². The van der Waals surface area contributed by atoms with Gasteiger partial charge in [0.15, 0.2) is 35.0 Å². The van der Waals surface area contributed by atoms with E-state index in [1.807, 2.05) is 0 Å². The quantitative estimate of drug-likeness (QED) is 0.525. The zero-order valence-corrected chi connectivity index (χ0v) is 12.6. The molecule has 0 bridgehead atoms. The summed E-state index contributed by atoms with van der Waals surface area (Å²) in [6.07, 6.45) is 5.02. The number of halogens is 6. The zero-order chi connectivity index (χ0) is 18.4. The van der Waals surface area contributed by atoms with Gasteiger partial charge in [0.1, 0.15) is 5.41 Å². The number of hydrogen-bond acceptors (Lipinski definition) is 2. The number of allylic oxidation sites excluding steroid dienone is 8. The predicted octanol–water partition coefficient (Wildman–Crippen LogP) is 5.54. The molecule has 1 aromatic rings. The number of fused-ring (bicyclic) bond motifs is 2. The molecule has 0 radical (unpaired) electrons. The molecule has 1 heterocycles. The third kappa shape index (κ3) is 2.20. The van der Waals surface area contributed by atoms with Crippen LogP contribution in [0.1, 0.15) is 24.2 Å². The maximum atomic E-state index is 14.9. The minimum atomic E-state index is -2.83. The van der Waals surface area contributed by atoms with Gasteiger partial charge in [-0.15, -0.1) is 6.58 Å². The highest BCUT2D eigenvalue weighted by Gasteiger charge is 2.56. The lowest BCUT2D eigenvalue weighted by molar-refractivity contribution is 0.370. The van der Waals surface area contributed by atoms with Gasteiger partial charge in [0, 0.05) is 12.4 Å². The second-order valence-corrected chi connectivity index (χ2v) is 5.42. The minimum Gasteiger partial charge on any atom is -0.256 e. The number of hydrogen-bond donors (Lipinski definition) is 0. The maximum absolute atomic E-state index is 14.9. The number of rotatable bonds is 3. The molecule has 0 aliphatic heterocycles. The van der Waals surface area contributed by atoms with E-state index in [1.165, 1.54) is 18.3 Å². The van der Waals surface area contributed by atoms with Crippen LogP contribution in [0.4, 0.5) is 26.3 Å². The molecular formula is C17H10F6N2. The Kier molecular flexibility index (Phi) is 4.14. The second kappa shape index (κ2) is 6.02. The highest BCUT2D eigenvalue weighted by molar-refractivity contribution is 5.73. The van der Waals surface area contributed by atoms with Crippen molar-refractivity contribution in [3.63, 3.8) is 0 Å². The molecular weight excluding hydrogens is 346 g/mol. The molecule has 2 aliphatic rings. The Morgan fingerprint density at radius 1 is 0.880 bits per heavy atom. The van der Waals surface area contributed by atoms with E-state index in [0.29, 0.717) is 0 Å². The third-order valence-corrected chi connectivity index (χ3v) is 4.11. The summed E-state index contributed by atoms with van der Waals surface area (Å²) in [6, 6.07) is 0. The Bertz CT molecular complexity index is 860. The van der Waals surface area contributed by atoms with Crippen LogP contribution in [0.15, 0.2) is 65.6 Å². The molecule has 1 spiro atoms.